The number of carbonyl (C=O) groups is 1. The number of rotatable bonds is 6. The molecule has 0 bridgehead atoms. The molecule has 0 heterocycles. The standard InChI is InChI=1S/C15H22ClNO2/c1-11-9-12(5-6-13(11)18)14(19)17-10-15(2,3)7-4-8-16/h5-6,9,18H,4,7-8,10H2,1-3H3,(H,17,19). The maximum Gasteiger partial charge on any atom is 0.251 e. The minimum absolute atomic E-state index is 0.0382. The SMILES string of the molecule is Cc1cc(C(=O)NCC(C)(C)CCCCl)ccc1O. The molecule has 0 unspecified atom stereocenters. The molecule has 0 aliphatic heterocycles. The molecule has 0 aliphatic rings. The molecule has 1 aromatic rings. The summed E-state index contributed by atoms with van der Waals surface area (Å²) in [6, 6.07) is 4.86. The number of amides is 1. The number of halogens is 1. The van der Waals surface area contributed by atoms with Gasteiger partial charge in [0.1, 0.15) is 5.75 Å². The van der Waals surface area contributed by atoms with Crippen molar-refractivity contribution in [3.05, 3.63) is 29.3 Å². The predicted octanol–water partition coefficient (Wildman–Crippen LogP) is 3.48. The van der Waals surface area contributed by atoms with Gasteiger partial charge in [-0.15, -0.1) is 11.6 Å². The van der Waals surface area contributed by atoms with Crippen molar-refractivity contribution in [3.63, 3.8) is 0 Å². The molecule has 1 amide bonds. The van der Waals surface area contributed by atoms with Gasteiger partial charge in [-0.2, -0.15) is 0 Å². The van der Waals surface area contributed by atoms with Gasteiger partial charge in [-0.3, -0.25) is 4.79 Å². The number of aromatic hydroxyl groups is 1. The van der Waals surface area contributed by atoms with Crippen molar-refractivity contribution in [3.8, 4) is 5.75 Å². The molecule has 0 spiro atoms. The topological polar surface area (TPSA) is 49.3 Å². The second kappa shape index (κ2) is 6.80. The van der Waals surface area contributed by atoms with E-state index in [-0.39, 0.29) is 17.1 Å². The van der Waals surface area contributed by atoms with Crippen molar-refractivity contribution >= 4 is 17.5 Å². The highest BCUT2D eigenvalue weighted by Gasteiger charge is 2.18. The fraction of sp³-hybridized carbons (Fsp3) is 0.533. The summed E-state index contributed by atoms with van der Waals surface area (Å²) in [5.74, 6) is 0.746. The highest BCUT2D eigenvalue weighted by Crippen LogP contribution is 2.22. The first kappa shape index (κ1) is 15.8. The average molecular weight is 284 g/mol. The van der Waals surface area contributed by atoms with Crippen LogP contribution in [0.1, 0.15) is 42.6 Å². The van der Waals surface area contributed by atoms with Gasteiger partial charge < -0.3 is 10.4 Å². The van der Waals surface area contributed by atoms with Crippen molar-refractivity contribution in [2.45, 2.75) is 33.6 Å². The molecule has 0 saturated heterocycles. The Balaban J connectivity index is 2.57. The summed E-state index contributed by atoms with van der Waals surface area (Å²) in [6.45, 7) is 6.61. The lowest BCUT2D eigenvalue weighted by Crippen LogP contribution is -2.34. The zero-order valence-electron chi connectivity index (χ0n) is 11.8. The van der Waals surface area contributed by atoms with Gasteiger partial charge in [0.05, 0.1) is 0 Å². The molecule has 0 saturated carbocycles. The first-order chi connectivity index (χ1) is 8.85. The quantitative estimate of drug-likeness (QED) is 0.785. The van der Waals surface area contributed by atoms with Crippen LogP contribution in [0.3, 0.4) is 0 Å². The van der Waals surface area contributed by atoms with Gasteiger partial charge in [-0.25, -0.2) is 0 Å². The fourth-order valence-electron chi connectivity index (χ4n) is 1.85. The van der Waals surface area contributed by atoms with Crippen molar-refractivity contribution in [2.75, 3.05) is 12.4 Å². The van der Waals surface area contributed by atoms with Gasteiger partial charge in [-0.05, 0) is 48.9 Å². The maximum absolute atomic E-state index is 12.0. The van der Waals surface area contributed by atoms with Crippen LogP contribution in [0.15, 0.2) is 18.2 Å². The number of hydrogen-bond acceptors (Lipinski definition) is 2. The predicted molar refractivity (Wildman–Crippen MR) is 78.9 cm³/mol. The number of benzene rings is 1. The third-order valence-electron chi connectivity index (χ3n) is 3.17. The van der Waals surface area contributed by atoms with E-state index in [0.29, 0.717) is 23.6 Å². The van der Waals surface area contributed by atoms with E-state index in [2.05, 4.69) is 19.2 Å². The van der Waals surface area contributed by atoms with Crippen LogP contribution in [0.4, 0.5) is 0 Å². The smallest absolute Gasteiger partial charge is 0.251 e. The van der Waals surface area contributed by atoms with E-state index < -0.39 is 0 Å². The highest BCUT2D eigenvalue weighted by molar-refractivity contribution is 6.17. The number of phenolic OH excluding ortho intramolecular Hbond substituents is 1. The summed E-state index contributed by atoms with van der Waals surface area (Å²) in [5, 5.41) is 12.4. The van der Waals surface area contributed by atoms with Crippen LogP contribution in [0.2, 0.25) is 0 Å². The lowest BCUT2D eigenvalue weighted by molar-refractivity contribution is 0.0934. The third kappa shape index (κ3) is 5.11. The molecule has 0 atom stereocenters. The van der Waals surface area contributed by atoms with Crippen LogP contribution in [0, 0.1) is 12.3 Å². The van der Waals surface area contributed by atoms with E-state index in [4.69, 9.17) is 11.6 Å². The molecule has 2 N–H and O–H groups in total. The molecule has 0 radical (unpaired) electrons. The molecule has 3 nitrogen and oxygen atoms in total. The summed E-state index contributed by atoms with van der Waals surface area (Å²) < 4.78 is 0. The van der Waals surface area contributed by atoms with Crippen LogP contribution >= 0.6 is 11.6 Å². The Hall–Kier alpha value is -1.22. The molecule has 4 heteroatoms. The molecular formula is C15H22ClNO2. The molecule has 19 heavy (non-hydrogen) atoms. The first-order valence-electron chi connectivity index (χ1n) is 6.49. The monoisotopic (exact) mass is 283 g/mol. The summed E-state index contributed by atoms with van der Waals surface area (Å²) in [4.78, 5) is 12.0. The number of nitrogens with one attached hydrogen (secondary N) is 1. The number of aryl methyl sites for hydroxylation is 1. The van der Waals surface area contributed by atoms with Crippen LogP contribution in [0.25, 0.3) is 0 Å². The number of hydrogen-bond donors (Lipinski definition) is 2. The van der Waals surface area contributed by atoms with Gasteiger partial charge in [-0.1, -0.05) is 13.8 Å². The van der Waals surface area contributed by atoms with Crippen molar-refractivity contribution < 1.29 is 9.90 Å². The van der Waals surface area contributed by atoms with Gasteiger partial charge in [0.25, 0.3) is 5.91 Å². The van der Waals surface area contributed by atoms with Crippen LogP contribution in [0.5, 0.6) is 5.75 Å². The van der Waals surface area contributed by atoms with Crippen molar-refractivity contribution in [1.82, 2.24) is 5.32 Å². The Kier molecular flexibility index (Phi) is 5.67. The minimum Gasteiger partial charge on any atom is -0.508 e. The van der Waals surface area contributed by atoms with Gasteiger partial charge in [0.15, 0.2) is 0 Å². The average Bonchev–Trinajstić information content (AvgIpc) is 2.37. The highest BCUT2D eigenvalue weighted by atomic mass is 35.5. The second-order valence-corrected chi connectivity index (χ2v) is 6.02. The lowest BCUT2D eigenvalue weighted by Gasteiger charge is -2.24. The largest absolute Gasteiger partial charge is 0.508 e. The molecule has 106 valence electrons. The lowest BCUT2D eigenvalue weighted by atomic mass is 9.88. The minimum atomic E-state index is -0.109. The number of phenols is 1. The van der Waals surface area contributed by atoms with Crippen LogP contribution in [-0.2, 0) is 0 Å². The molecule has 0 aliphatic carbocycles. The fourth-order valence-corrected chi connectivity index (χ4v) is 1.99. The van der Waals surface area contributed by atoms with E-state index in [1.807, 2.05) is 0 Å². The zero-order valence-corrected chi connectivity index (χ0v) is 12.5. The number of carbonyl (C=O) groups excluding carboxylic acids is 1. The summed E-state index contributed by atoms with van der Waals surface area (Å²) in [5.41, 5.74) is 1.31. The molecule has 1 rings (SSSR count). The van der Waals surface area contributed by atoms with Crippen LogP contribution < -0.4 is 5.32 Å². The Morgan fingerprint density at radius 3 is 2.68 bits per heavy atom. The first-order valence-corrected chi connectivity index (χ1v) is 7.03. The molecule has 1 aromatic carbocycles. The molecule has 0 aromatic heterocycles. The van der Waals surface area contributed by atoms with Crippen molar-refractivity contribution in [1.29, 1.82) is 0 Å². The third-order valence-corrected chi connectivity index (χ3v) is 3.44. The summed E-state index contributed by atoms with van der Waals surface area (Å²) in [6.07, 6.45) is 1.92. The van der Waals surface area contributed by atoms with E-state index in [9.17, 15) is 9.90 Å². The van der Waals surface area contributed by atoms with E-state index in [1.54, 1.807) is 25.1 Å². The van der Waals surface area contributed by atoms with Gasteiger partial charge in [0, 0.05) is 18.0 Å². The van der Waals surface area contributed by atoms with E-state index in [1.165, 1.54) is 0 Å². The summed E-state index contributed by atoms with van der Waals surface area (Å²) in [7, 11) is 0. The zero-order chi connectivity index (χ0) is 14.5. The van der Waals surface area contributed by atoms with E-state index >= 15 is 0 Å². The van der Waals surface area contributed by atoms with Crippen LogP contribution in [-0.4, -0.2) is 23.4 Å². The summed E-state index contributed by atoms with van der Waals surface area (Å²) >= 11 is 5.69. The van der Waals surface area contributed by atoms with E-state index in [0.717, 1.165) is 12.8 Å². The normalized spacial score (nSPS) is 11.4. The Morgan fingerprint density at radius 2 is 2.11 bits per heavy atom. The second-order valence-electron chi connectivity index (χ2n) is 5.64. The maximum atomic E-state index is 12.0. The Labute approximate surface area is 120 Å². The van der Waals surface area contributed by atoms with Gasteiger partial charge >= 0.3 is 0 Å². The Bertz CT molecular complexity index is 444. The van der Waals surface area contributed by atoms with Crippen molar-refractivity contribution in [2.24, 2.45) is 5.41 Å². The molecular weight excluding hydrogens is 262 g/mol. The molecule has 0 fully saturated rings. The Morgan fingerprint density at radius 1 is 1.42 bits per heavy atom. The number of alkyl halides is 1. The van der Waals surface area contributed by atoms with Gasteiger partial charge in [0.2, 0.25) is 0 Å².